The Bertz CT molecular complexity index is 513. The van der Waals surface area contributed by atoms with Crippen molar-refractivity contribution in [2.45, 2.75) is 13.3 Å². The van der Waals surface area contributed by atoms with Crippen LogP contribution in [-0.2, 0) is 20.7 Å². The van der Waals surface area contributed by atoms with Gasteiger partial charge in [0.2, 0.25) is 11.8 Å². The highest BCUT2D eigenvalue weighted by Gasteiger charge is 2.14. The van der Waals surface area contributed by atoms with Gasteiger partial charge >= 0.3 is 0 Å². The predicted octanol–water partition coefficient (Wildman–Crippen LogP) is 0.636. The molecule has 0 saturated carbocycles. The quantitative estimate of drug-likeness (QED) is 0.809. The van der Waals surface area contributed by atoms with Crippen LogP contribution in [0, 0.1) is 0 Å². The van der Waals surface area contributed by atoms with E-state index in [4.69, 9.17) is 4.74 Å². The van der Waals surface area contributed by atoms with Gasteiger partial charge in [-0.3, -0.25) is 14.5 Å². The van der Waals surface area contributed by atoms with E-state index >= 15 is 0 Å². The minimum atomic E-state index is -0.212. The van der Waals surface area contributed by atoms with Crippen LogP contribution in [0.15, 0.2) is 24.3 Å². The van der Waals surface area contributed by atoms with Crippen LogP contribution < -0.4 is 10.6 Å². The van der Waals surface area contributed by atoms with Crippen LogP contribution in [0.5, 0.6) is 0 Å². The van der Waals surface area contributed by atoms with Gasteiger partial charge in [0, 0.05) is 18.8 Å². The number of aryl methyl sites for hydroxylation is 1. The van der Waals surface area contributed by atoms with Crippen LogP contribution in [0.3, 0.4) is 0 Å². The molecule has 0 bridgehead atoms. The van der Waals surface area contributed by atoms with Crippen LogP contribution in [0.25, 0.3) is 0 Å². The zero-order valence-electron chi connectivity index (χ0n) is 12.9. The summed E-state index contributed by atoms with van der Waals surface area (Å²) in [7, 11) is 0. The Morgan fingerprint density at radius 1 is 1.18 bits per heavy atom. The number of para-hydroxylation sites is 1. The first-order valence-electron chi connectivity index (χ1n) is 7.63. The van der Waals surface area contributed by atoms with Gasteiger partial charge in [0.1, 0.15) is 0 Å². The largest absolute Gasteiger partial charge is 0.379 e. The maximum atomic E-state index is 11.9. The molecule has 1 fully saturated rings. The molecule has 0 aromatic heterocycles. The Balaban J connectivity index is 1.73. The summed E-state index contributed by atoms with van der Waals surface area (Å²) in [6, 6.07) is 7.67. The number of rotatable bonds is 6. The third kappa shape index (κ3) is 5.13. The molecule has 2 amide bonds. The first-order chi connectivity index (χ1) is 10.7. The maximum absolute atomic E-state index is 11.9. The maximum Gasteiger partial charge on any atom is 0.243 e. The monoisotopic (exact) mass is 305 g/mol. The van der Waals surface area contributed by atoms with E-state index in [9.17, 15) is 9.59 Å². The van der Waals surface area contributed by atoms with Gasteiger partial charge in [-0.25, -0.2) is 0 Å². The number of nitrogens with zero attached hydrogens (tertiary/aromatic N) is 1. The Morgan fingerprint density at radius 2 is 1.91 bits per heavy atom. The number of anilines is 1. The standard InChI is InChI=1S/C16H23N3O3/c1-2-13-5-3-4-6-14(13)18-15(20)11-17-16(21)12-19-7-9-22-10-8-19/h3-6H,2,7-12H2,1H3,(H,17,21)(H,18,20). The fourth-order valence-electron chi connectivity index (χ4n) is 2.34. The molecule has 0 atom stereocenters. The summed E-state index contributed by atoms with van der Waals surface area (Å²) in [5.41, 5.74) is 1.88. The van der Waals surface area contributed by atoms with Crippen molar-refractivity contribution in [2.24, 2.45) is 0 Å². The number of benzene rings is 1. The van der Waals surface area contributed by atoms with Gasteiger partial charge in [-0.05, 0) is 18.1 Å². The predicted molar refractivity (Wildman–Crippen MR) is 84.7 cm³/mol. The van der Waals surface area contributed by atoms with Gasteiger partial charge < -0.3 is 15.4 Å². The number of morpholine rings is 1. The van der Waals surface area contributed by atoms with Crippen LogP contribution in [0.2, 0.25) is 0 Å². The molecule has 0 aliphatic carbocycles. The van der Waals surface area contributed by atoms with Crippen LogP contribution in [-0.4, -0.2) is 56.1 Å². The molecule has 1 saturated heterocycles. The van der Waals surface area contributed by atoms with Crippen LogP contribution in [0.4, 0.5) is 5.69 Å². The van der Waals surface area contributed by atoms with E-state index in [0.717, 1.165) is 30.8 Å². The van der Waals surface area contributed by atoms with Gasteiger partial charge in [0.15, 0.2) is 0 Å². The highest BCUT2D eigenvalue weighted by atomic mass is 16.5. The highest BCUT2D eigenvalue weighted by molar-refractivity contribution is 5.95. The molecule has 6 nitrogen and oxygen atoms in total. The zero-order chi connectivity index (χ0) is 15.8. The molecule has 1 aromatic rings. The average molecular weight is 305 g/mol. The number of nitrogens with one attached hydrogen (secondary N) is 2. The summed E-state index contributed by atoms with van der Waals surface area (Å²) in [6.45, 7) is 5.15. The van der Waals surface area contributed by atoms with Crippen molar-refractivity contribution in [1.82, 2.24) is 10.2 Å². The van der Waals surface area contributed by atoms with Crippen molar-refractivity contribution >= 4 is 17.5 Å². The molecule has 1 aliphatic heterocycles. The lowest BCUT2D eigenvalue weighted by Gasteiger charge is -2.25. The second-order valence-corrected chi connectivity index (χ2v) is 5.22. The first-order valence-corrected chi connectivity index (χ1v) is 7.63. The average Bonchev–Trinajstić information content (AvgIpc) is 2.54. The molecule has 0 radical (unpaired) electrons. The minimum absolute atomic E-state index is 0.0127. The summed E-state index contributed by atoms with van der Waals surface area (Å²) in [6.07, 6.45) is 0.847. The van der Waals surface area contributed by atoms with Crippen molar-refractivity contribution < 1.29 is 14.3 Å². The molecular formula is C16H23N3O3. The Labute approximate surface area is 130 Å². The molecule has 6 heteroatoms. The lowest BCUT2D eigenvalue weighted by Crippen LogP contribution is -2.44. The molecule has 22 heavy (non-hydrogen) atoms. The number of hydrogen-bond acceptors (Lipinski definition) is 4. The number of ether oxygens (including phenoxy) is 1. The van der Waals surface area contributed by atoms with Crippen LogP contribution >= 0.6 is 0 Å². The molecule has 1 heterocycles. The smallest absolute Gasteiger partial charge is 0.243 e. The topological polar surface area (TPSA) is 70.7 Å². The van der Waals surface area contributed by atoms with Gasteiger partial charge in [-0.1, -0.05) is 25.1 Å². The lowest BCUT2D eigenvalue weighted by molar-refractivity contribution is -0.125. The number of carbonyl (C=O) groups excluding carboxylic acids is 2. The third-order valence-corrected chi connectivity index (χ3v) is 3.59. The second-order valence-electron chi connectivity index (χ2n) is 5.22. The molecule has 1 aromatic carbocycles. The fourth-order valence-corrected chi connectivity index (χ4v) is 2.34. The molecule has 120 valence electrons. The highest BCUT2D eigenvalue weighted by Crippen LogP contribution is 2.14. The molecule has 2 N–H and O–H groups in total. The van der Waals surface area contributed by atoms with Crippen molar-refractivity contribution in [1.29, 1.82) is 0 Å². The van der Waals surface area contributed by atoms with Gasteiger partial charge in [0.05, 0.1) is 26.3 Å². The van der Waals surface area contributed by atoms with E-state index in [1.165, 1.54) is 0 Å². The van der Waals surface area contributed by atoms with E-state index in [0.29, 0.717) is 19.8 Å². The van der Waals surface area contributed by atoms with E-state index in [1.807, 2.05) is 36.1 Å². The van der Waals surface area contributed by atoms with Crippen LogP contribution in [0.1, 0.15) is 12.5 Å². The molecular weight excluding hydrogens is 282 g/mol. The Morgan fingerprint density at radius 3 is 2.64 bits per heavy atom. The minimum Gasteiger partial charge on any atom is -0.379 e. The van der Waals surface area contributed by atoms with Gasteiger partial charge in [-0.2, -0.15) is 0 Å². The van der Waals surface area contributed by atoms with E-state index in [-0.39, 0.29) is 18.4 Å². The fraction of sp³-hybridized carbons (Fsp3) is 0.500. The number of carbonyl (C=O) groups is 2. The van der Waals surface area contributed by atoms with Crippen molar-refractivity contribution in [2.75, 3.05) is 44.7 Å². The summed E-state index contributed by atoms with van der Waals surface area (Å²) in [4.78, 5) is 25.8. The zero-order valence-corrected chi connectivity index (χ0v) is 12.9. The summed E-state index contributed by atoms with van der Waals surface area (Å²) >= 11 is 0. The van der Waals surface area contributed by atoms with Crippen molar-refractivity contribution in [3.63, 3.8) is 0 Å². The SMILES string of the molecule is CCc1ccccc1NC(=O)CNC(=O)CN1CCOCC1. The normalized spacial score (nSPS) is 15.3. The molecule has 0 spiro atoms. The summed E-state index contributed by atoms with van der Waals surface area (Å²) in [5.74, 6) is -0.350. The summed E-state index contributed by atoms with van der Waals surface area (Å²) in [5, 5.41) is 5.49. The van der Waals surface area contributed by atoms with E-state index in [2.05, 4.69) is 10.6 Å². The third-order valence-electron chi connectivity index (χ3n) is 3.59. The lowest BCUT2D eigenvalue weighted by atomic mass is 10.1. The molecule has 1 aliphatic rings. The summed E-state index contributed by atoms with van der Waals surface area (Å²) < 4.78 is 5.23. The number of amides is 2. The first kappa shape index (κ1) is 16.5. The van der Waals surface area contributed by atoms with Gasteiger partial charge in [-0.15, -0.1) is 0 Å². The van der Waals surface area contributed by atoms with Crippen molar-refractivity contribution in [3.8, 4) is 0 Å². The second kappa shape index (κ2) is 8.51. The molecule has 2 rings (SSSR count). The Hall–Kier alpha value is -1.92. The number of hydrogen-bond donors (Lipinski definition) is 2. The van der Waals surface area contributed by atoms with Crippen molar-refractivity contribution in [3.05, 3.63) is 29.8 Å². The Kier molecular flexibility index (Phi) is 6.36. The van der Waals surface area contributed by atoms with E-state index < -0.39 is 0 Å². The van der Waals surface area contributed by atoms with E-state index in [1.54, 1.807) is 0 Å². The molecule has 0 unspecified atom stereocenters. The van der Waals surface area contributed by atoms with Gasteiger partial charge in [0.25, 0.3) is 0 Å².